The van der Waals surface area contributed by atoms with E-state index in [4.69, 9.17) is 24.8 Å². The Morgan fingerprint density at radius 1 is 0.610 bits per heavy atom. The molecule has 1 unspecified atom stereocenters. The fourth-order valence-electron chi connectivity index (χ4n) is 5.20. The summed E-state index contributed by atoms with van der Waals surface area (Å²) in [6.45, 7) is 2.56. The molecule has 0 rings (SSSR count). The number of phosphoric acid groups is 1. The minimum absolute atomic E-state index is 0.0414. The Morgan fingerprint density at radius 3 is 1.73 bits per heavy atom. The number of esters is 2. The maximum Gasteiger partial charge on any atom is 0.472 e. The predicted molar refractivity (Wildman–Crippen MR) is 236 cm³/mol. The molecule has 0 amide bonds. The van der Waals surface area contributed by atoms with Crippen molar-refractivity contribution in [2.75, 3.05) is 19.8 Å². The molecule has 0 aromatic carbocycles. The first kappa shape index (κ1) is 55.6. The Hall–Kier alpha value is -3.38. The van der Waals surface area contributed by atoms with Gasteiger partial charge in [0, 0.05) is 12.8 Å². The van der Waals surface area contributed by atoms with Gasteiger partial charge in [0.25, 0.3) is 0 Å². The molecule has 0 aromatic rings. The van der Waals surface area contributed by atoms with Gasteiger partial charge in [-0.1, -0.05) is 137 Å². The van der Waals surface area contributed by atoms with Crippen molar-refractivity contribution in [3.8, 4) is 0 Å². The van der Waals surface area contributed by atoms with Gasteiger partial charge in [0.1, 0.15) is 12.6 Å². The highest BCUT2D eigenvalue weighted by Crippen LogP contribution is 2.43. The number of ether oxygens (including phenoxy) is 2. The molecule has 59 heavy (non-hydrogen) atoms. The van der Waals surface area contributed by atoms with Crippen LogP contribution in [-0.2, 0) is 37.5 Å². The number of hydrogen-bond donors (Lipinski definition) is 4. The Bertz CT molecular complexity index is 1340. The Labute approximate surface area is 355 Å². The van der Waals surface area contributed by atoms with Crippen molar-refractivity contribution >= 4 is 25.7 Å². The minimum atomic E-state index is -4.76. The predicted octanol–water partition coefficient (Wildman–Crippen LogP) is 10.5. The van der Waals surface area contributed by atoms with Crippen molar-refractivity contribution in [3.63, 3.8) is 0 Å². The molecular formula is C46H76NO11P. The summed E-state index contributed by atoms with van der Waals surface area (Å²) in [5.74, 6) is -2.54. The fraction of sp³-hybridized carbons (Fsp3) is 0.630. The van der Waals surface area contributed by atoms with E-state index in [9.17, 15) is 28.9 Å². The van der Waals surface area contributed by atoms with Crippen molar-refractivity contribution in [2.45, 2.75) is 167 Å². The van der Waals surface area contributed by atoms with Gasteiger partial charge in [0.2, 0.25) is 0 Å². The molecule has 0 radical (unpaired) electrons. The Balaban J connectivity index is 4.58. The smallest absolute Gasteiger partial charge is 0.472 e. The van der Waals surface area contributed by atoms with Gasteiger partial charge in [-0.3, -0.25) is 23.4 Å². The van der Waals surface area contributed by atoms with Gasteiger partial charge in [0.15, 0.2) is 6.10 Å². The number of aliphatic hydroxyl groups is 1. The number of aliphatic hydroxyl groups excluding tert-OH is 1. The summed E-state index contributed by atoms with van der Waals surface area (Å²) in [5.41, 5.74) is 5.32. The standard InChI is InChI=1S/C46H76NO11P/c1-3-5-7-9-11-12-13-14-15-16-17-18-19-20-24-28-32-36-44(49)55-38-42(39-56-59(53,54)57-40-43(47)46(51)52)58-45(50)37-33-29-25-21-23-27-31-35-41(48)34-30-26-22-10-8-6-4-2/h11-12,14-15,17-18,21-22,25-27,30-31,34,41-43,48H,3-10,13,16,19-20,23-24,28-29,32-33,35-40,47H2,1-2H3,(H,51,52)(H,53,54)/b12-11-,15-14-,18-17-,25-21+,26-22-,31-27-,34-30-/t41-,42+,43-/m0/s1. The third kappa shape index (κ3) is 39.8. The van der Waals surface area contributed by atoms with E-state index < -0.39 is 63.8 Å². The van der Waals surface area contributed by atoms with E-state index in [0.29, 0.717) is 32.1 Å². The molecule has 0 heterocycles. The molecule has 5 N–H and O–H groups in total. The van der Waals surface area contributed by atoms with Crippen LogP contribution in [0.15, 0.2) is 85.1 Å². The summed E-state index contributed by atoms with van der Waals surface area (Å²) in [6.07, 6.45) is 45.3. The highest BCUT2D eigenvalue weighted by atomic mass is 31.2. The van der Waals surface area contributed by atoms with Crippen LogP contribution in [-0.4, -0.2) is 71.1 Å². The minimum Gasteiger partial charge on any atom is -0.480 e. The number of hydrogen-bond acceptors (Lipinski definition) is 10. The first-order chi connectivity index (χ1) is 28.5. The zero-order valence-corrected chi connectivity index (χ0v) is 36.8. The molecular weight excluding hydrogens is 773 g/mol. The number of unbranched alkanes of at least 4 members (excludes halogenated alkanes) is 11. The van der Waals surface area contributed by atoms with Crippen LogP contribution in [0.2, 0.25) is 0 Å². The van der Waals surface area contributed by atoms with Gasteiger partial charge < -0.3 is 30.3 Å². The molecule has 0 saturated heterocycles. The lowest BCUT2D eigenvalue weighted by Gasteiger charge is -2.20. The molecule has 13 heteroatoms. The zero-order chi connectivity index (χ0) is 43.7. The van der Waals surface area contributed by atoms with E-state index in [-0.39, 0.29) is 12.8 Å². The van der Waals surface area contributed by atoms with Crippen LogP contribution >= 0.6 is 7.82 Å². The number of allylic oxidation sites excluding steroid dienone is 12. The van der Waals surface area contributed by atoms with Gasteiger partial charge >= 0.3 is 25.7 Å². The van der Waals surface area contributed by atoms with Gasteiger partial charge in [-0.2, -0.15) is 0 Å². The average molecular weight is 850 g/mol. The lowest BCUT2D eigenvalue weighted by molar-refractivity contribution is -0.161. The third-order valence-corrected chi connectivity index (χ3v) is 9.65. The lowest BCUT2D eigenvalue weighted by atomic mass is 10.1. The number of carbonyl (C=O) groups is 3. The maximum absolute atomic E-state index is 12.6. The van der Waals surface area contributed by atoms with Crippen molar-refractivity contribution < 1.29 is 52.6 Å². The third-order valence-electron chi connectivity index (χ3n) is 8.70. The first-order valence-corrected chi connectivity index (χ1v) is 23.2. The summed E-state index contributed by atoms with van der Waals surface area (Å²) >= 11 is 0. The molecule has 0 aliphatic rings. The topological polar surface area (TPSA) is 192 Å². The van der Waals surface area contributed by atoms with Gasteiger partial charge in [-0.25, -0.2) is 4.57 Å². The van der Waals surface area contributed by atoms with Crippen LogP contribution in [0.3, 0.4) is 0 Å². The Kier molecular flexibility index (Phi) is 37.8. The van der Waals surface area contributed by atoms with Crippen LogP contribution < -0.4 is 5.73 Å². The quantitative estimate of drug-likeness (QED) is 0.0151. The molecule has 4 atom stereocenters. The number of nitrogens with two attached hydrogens (primary N) is 1. The second-order valence-electron chi connectivity index (χ2n) is 14.3. The second kappa shape index (κ2) is 40.0. The second-order valence-corrected chi connectivity index (χ2v) is 15.8. The molecule has 12 nitrogen and oxygen atoms in total. The van der Waals surface area contributed by atoms with E-state index in [1.807, 2.05) is 36.5 Å². The number of carboxylic acids is 1. The van der Waals surface area contributed by atoms with Crippen LogP contribution in [0.25, 0.3) is 0 Å². The normalized spacial score (nSPS) is 15.1. The molecule has 336 valence electrons. The summed E-state index contributed by atoms with van der Waals surface area (Å²) in [5, 5.41) is 19.0. The summed E-state index contributed by atoms with van der Waals surface area (Å²) in [6, 6.07) is -1.55. The Morgan fingerprint density at radius 2 is 1.12 bits per heavy atom. The molecule has 0 saturated carbocycles. The van der Waals surface area contributed by atoms with E-state index in [2.05, 4.69) is 60.9 Å². The molecule has 0 aliphatic carbocycles. The van der Waals surface area contributed by atoms with Crippen molar-refractivity contribution in [3.05, 3.63) is 85.1 Å². The van der Waals surface area contributed by atoms with Gasteiger partial charge in [-0.15, -0.1) is 0 Å². The zero-order valence-electron chi connectivity index (χ0n) is 35.9. The number of rotatable bonds is 39. The van der Waals surface area contributed by atoms with Gasteiger partial charge in [0.05, 0.1) is 19.3 Å². The van der Waals surface area contributed by atoms with Crippen LogP contribution in [0, 0.1) is 0 Å². The summed E-state index contributed by atoms with van der Waals surface area (Å²) < 4.78 is 32.6. The van der Waals surface area contributed by atoms with Crippen LogP contribution in [0.4, 0.5) is 0 Å². The summed E-state index contributed by atoms with van der Waals surface area (Å²) in [7, 11) is -4.76. The highest BCUT2D eigenvalue weighted by molar-refractivity contribution is 7.47. The van der Waals surface area contributed by atoms with Crippen molar-refractivity contribution in [1.29, 1.82) is 0 Å². The number of carbonyl (C=O) groups excluding carboxylic acids is 2. The molecule has 0 bridgehead atoms. The average Bonchev–Trinajstić information content (AvgIpc) is 3.21. The van der Waals surface area contributed by atoms with Crippen molar-refractivity contribution in [2.24, 2.45) is 5.73 Å². The molecule has 0 fully saturated rings. The SMILES string of the molecule is CCCCC/C=C\C=C/[C@H](O)C/C=C\C/C=C/CCCC(=O)O[C@H](COC(=O)CCCCCC/C=C\C/C=C\C/C=C\CCCCC)COP(=O)(O)OC[C@H](N)C(=O)O. The van der Waals surface area contributed by atoms with E-state index in [0.717, 1.165) is 51.4 Å². The highest BCUT2D eigenvalue weighted by Gasteiger charge is 2.28. The monoisotopic (exact) mass is 850 g/mol. The van der Waals surface area contributed by atoms with E-state index in [1.165, 1.54) is 38.5 Å². The number of phosphoric ester groups is 1. The van der Waals surface area contributed by atoms with Crippen molar-refractivity contribution in [1.82, 2.24) is 0 Å². The van der Waals surface area contributed by atoms with E-state index >= 15 is 0 Å². The van der Waals surface area contributed by atoms with Gasteiger partial charge in [-0.05, 0) is 83.5 Å². The van der Waals surface area contributed by atoms with E-state index in [1.54, 1.807) is 6.08 Å². The number of carboxylic acid groups (broad SMARTS) is 1. The van der Waals surface area contributed by atoms with Crippen LogP contribution in [0.1, 0.15) is 149 Å². The van der Waals surface area contributed by atoms with Crippen LogP contribution in [0.5, 0.6) is 0 Å². The first-order valence-electron chi connectivity index (χ1n) is 21.7. The molecule has 0 spiro atoms. The lowest BCUT2D eigenvalue weighted by Crippen LogP contribution is -2.34. The fourth-order valence-corrected chi connectivity index (χ4v) is 5.98. The maximum atomic E-state index is 12.6. The molecule has 0 aliphatic heterocycles. The summed E-state index contributed by atoms with van der Waals surface area (Å²) in [4.78, 5) is 45.9. The largest absolute Gasteiger partial charge is 0.480 e. The number of aliphatic carboxylic acids is 1. The molecule has 0 aromatic heterocycles.